The molecule has 0 aliphatic carbocycles. The van der Waals surface area contributed by atoms with Gasteiger partial charge in [-0.2, -0.15) is 0 Å². The van der Waals surface area contributed by atoms with Gasteiger partial charge in [-0.1, -0.05) is 31.2 Å². The quantitative estimate of drug-likeness (QED) is 0.690. The molecule has 0 aliphatic heterocycles. The molecule has 0 saturated carbocycles. The molecule has 74 valence electrons. The third kappa shape index (κ3) is 2.56. The van der Waals surface area contributed by atoms with Crippen LogP contribution in [0.25, 0.3) is 11.6 Å². The summed E-state index contributed by atoms with van der Waals surface area (Å²) in [5.74, 6) is 0. The maximum Gasteiger partial charge on any atom is 0.0691 e. The zero-order valence-electron chi connectivity index (χ0n) is 9.12. The summed E-state index contributed by atoms with van der Waals surface area (Å²) in [6, 6.07) is 4.07. The lowest BCUT2D eigenvalue weighted by Crippen LogP contribution is -2.29. The topological polar surface area (TPSA) is 12.9 Å². The largest absolute Gasteiger partial charge is 0.256 e. The van der Waals surface area contributed by atoms with E-state index < -0.39 is 0 Å². The fourth-order valence-electron chi connectivity index (χ4n) is 1.28. The molecule has 0 saturated heterocycles. The van der Waals surface area contributed by atoms with E-state index in [0.717, 1.165) is 11.8 Å². The fourth-order valence-corrected chi connectivity index (χ4v) is 1.28. The molecule has 1 heteroatoms. The number of nitrogens with zero attached hydrogens (tertiary/aromatic N) is 1. The Morgan fingerprint density at radius 1 is 1.50 bits per heavy atom. The number of hydrogen-bond donors (Lipinski definition) is 0. The zero-order valence-corrected chi connectivity index (χ0v) is 9.12. The molecule has 0 fully saturated rings. The van der Waals surface area contributed by atoms with Gasteiger partial charge in [-0.15, -0.1) is 0 Å². The van der Waals surface area contributed by atoms with Gasteiger partial charge in [-0.3, -0.25) is 4.98 Å². The maximum absolute atomic E-state index is 4.40. The summed E-state index contributed by atoms with van der Waals surface area (Å²) in [5.41, 5.74) is 1.33. The van der Waals surface area contributed by atoms with E-state index in [4.69, 9.17) is 0 Å². The summed E-state index contributed by atoms with van der Waals surface area (Å²) in [4.78, 5) is 4.40. The lowest BCUT2D eigenvalue weighted by Gasteiger charge is -1.95. The van der Waals surface area contributed by atoms with Crippen molar-refractivity contribution in [2.24, 2.45) is 0 Å². The SMILES string of the molecule is CC=CC=c1cccnc1=C(C)CC. The molecule has 14 heavy (non-hydrogen) atoms. The van der Waals surface area contributed by atoms with Crippen LogP contribution in [0.15, 0.2) is 30.5 Å². The summed E-state index contributed by atoms with van der Waals surface area (Å²) >= 11 is 0. The molecule has 0 spiro atoms. The molecule has 0 bridgehead atoms. The second-order valence-corrected chi connectivity index (χ2v) is 3.27. The Morgan fingerprint density at radius 2 is 2.29 bits per heavy atom. The zero-order chi connectivity index (χ0) is 10.4. The number of aromatic nitrogens is 1. The van der Waals surface area contributed by atoms with Crippen LogP contribution >= 0.6 is 0 Å². The molecule has 0 radical (unpaired) electrons. The van der Waals surface area contributed by atoms with Crippen molar-refractivity contribution in [3.8, 4) is 0 Å². The standard InChI is InChI=1S/C13H17N/c1-4-6-8-12-9-7-10-14-13(12)11(3)5-2/h4,6-10H,5H2,1-3H3. The van der Waals surface area contributed by atoms with Crippen LogP contribution in [0.3, 0.4) is 0 Å². The molecule has 1 nitrogen and oxygen atoms in total. The Kier molecular flexibility index (Phi) is 4.11. The van der Waals surface area contributed by atoms with E-state index >= 15 is 0 Å². The van der Waals surface area contributed by atoms with Crippen molar-refractivity contribution in [2.75, 3.05) is 0 Å². The number of allylic oxidation sites excluding steroid dienone is 2. The van der Waals surface area contributed by atoms with Crippen molar-refractivity contribution in [3.63, 3.8) is 0 Å². The van der Waals surface area contributed by atoms with E-state index in [1.165, 1.54) is 10.8 Å². The van der Waals surface area contributed by atoms with Gasteiger partial charge in [0.1, 0.15) is 0 Å². The summed E-state index contributed by atoms with van der Waals surface area (Å²) in [7, 11) is 0. The van der Waals surface area contributed by atoms with Crippen LogP contribution in [0.4, 0.5) is 0 Å². The summed E-state index contributed by atoms with van der Waals surface area (Å²) in [5, 5.41) is 2.32. The van der Waals surface area contributed by atoms with Crippen LogP contribution < -0.4 is 10.6 Å². The Morgan fingerprint density at radius 3 is 2.93 bits per heavy atom. The van der Waals surface area contributed by atoms with Crippen molar-refractivity contribution < 1.29 is 0 Å². The van der Waals surface area contributed by atoms with Gasteiger partial charge < -0.3 is 0 Å². The van der Waals surface area contributed by atoms with Gasteiger partial charge >= 0.3 is 0 Å². The van der Waals surface area contributed by atoms with Crippen LogP contribution in [0.2, 0.25) is 0 Å². The highest BCUT2D eigenvalue weighted by Crippen LogP contribution is 1.92. The first-order valence-corrected chi connectivity index (χ1v) is 5.03. The van der Waals surface area contributed by atoms with Crippen molar-refractivity contribution in [2.45, 2.75) is 27.2 Å². The summed E-state index contributed by atoms with van der Waals surface area (Å²) < 4.78 is 0. The molecule has 1 aromatic heterocycles. The van der Waals surface area contributed by atoms with E-state index in [1.807, 2.05) is 31.3 Å². The van der Waals surface area contributed by atoms with Crippen molar-refractivity contribution in [3.05, 3.63) is 41.0 Å². The number of pyridine rings is 1. The average Bonchev–Trinajstić information content (AvgIpc) is 2.25. The minimum Gasteiger partial charge on any atom is -0.256 e. The third-order valence-corrected chi connectivity index (χ3v) is 2.24. The molecule has 0 aromatic carbocycles. The highest BCUT2D eigenvalue weighted by molar-refractivity contribution is 5.43. The first-order chi connectivity index (χ1) is 6.79. The monoisotopic (exact) mass is 187 g/mol. The van der Waals surface area contributed by atoms with Gasteiger partial charge in [0.05, 0.1) is 5.35 Å². The molecule has 0 N–H and O–H groups in total. The Labute approximate surface area is 85.5 Å². The molecule has 1 aromatic rings. The minimum atomic E-state index is 1.05. The average molecular weight is 187 g/mol. The van der Waals surface area contributed by atoms with E-state index in [-0.39, 0.29) is 0 Å². The van der Waals surface area contributed by atoms with Gasteiger partial charge in [0.15, 0.2) is 0 Å². The van der Waals surface area contributed by atoms with Crippen LogP contribution in [-0.2, 0) is 0 Å². The predicted molar refractivity (Wildman–Crippen MR) is 62.1 cm³/mol. The first kappa shape index (κ1) is 10.7. The van der Waals surface area contributed by atoms with Gasteiger partial charge in [0.25, 0.3) is 0 Å². The smallest absolute Gasteiger partial charge is 0.0691 e. The molecule has 0 aliphatic rings. The van der Waals surface area contributed by atoms with Gasteiger partial charge in [-0.25, -0.2) is 0 Å². The van der Waals surface area contributed by atoms with Gasteiger partial charge in [0.2, 0.25) is 0 Å². The summed E-state index contributed by atoms with van der Waals surface area (Å²) in [6.07, 6.45) is 9.07. The van der Waals surface area contributed by atoms with Crippen LogP contribution in [-0.4, -0.2) is 4.98 Å². The lowest BCUT2D eigenvalue weighted by molar-refractivity contribution is 1.13. The van der Waals surface area contributed by atoms with Crippen LogP contribution in [0.1, 0.15) is 27.2 Å². The minimum absolute atomic E-state index is 1.05. The van der Waals surface area contributed by atoms with Crippen LogP contribution in [0, 0.1) is 0 Å². The highest BCUT2D eigenvalue weighted by atomic mass is 14.6. The van der Waals surface area contributed by atoms with E-state index in [1.54, 1.807) is 0 Å². The molecule has 0 amide bonds. The normalized spacial score (nSPS) is 14.9. The maximum atomic E-state index is 4.40. The number of rotatable bonds is 2. The van der Waals surface area contributed by atoms with Crippen molar-refractivity contribution >= 4 is 11.6 Å². The second kappa shape index (κ2) is 5.38. The predicted octanol–water partition coefficient (Wildman–Crippen LogP) is 2.02. The summed E-state index contributed by atoms with van der Waals surface area (Å²) in [6.45, 7) is 6.31. The lowest BCUT2D eigenvalue weighted by atomic mass is 10.2. The fraction of sp³-hybridized carbons (Fsp3) is 0.308. The first-order valence-electron chi connectivity index (χ1n) is 5.03. The molecule has 1 heterocycles. The van der Waals surface area contributed by atoms with Gasteiger partial charge in [0, 0.05) is 11.4 Å². The van der Waals surface area contributed by atoms with Gasteiger partial charge in [-0.05, 0) is 31.9 Å². The van der Waals surface area contributed by atoms with E-state index in [9.17, 15) is 0 Å². The molecule has 0 unspecified atom stereocenters. The van der Waals surface area contributed by atoms with Crippen LogP contribution in [0.5, 0.6) is 0 Å². The third-order valence-electron chi connectivity index (χ3n) is 2.24. The number of hydrogen-bond acceptors (Lipinski definition) is 1. The molecular formula is C13H17N. The highest BCUT2D eigenvalue weighted by Gasteiger charge is 1.89. The molecule has 1 rings (SSSR count). The van der Waals surface area contributed by atoms with E-state index in [2.05, 4.69) is 31.0 Å². The van der Waals surface area contributed by atoms with Crippen molar-refractivity contribution in [1.82, 2.24) is 4.98 Å². The molecule has 0 atom stereocenters. The Hall–Kier alpha value is -1.37. The van der Waals surface area contributed by atoms with E-state index in [0.29, 0.717) is 0 Å². The Balaban J connectivity index is 3.45. The Bertz CT molecular complexity index is 427. The molecular weight excluding hydrogens is 170 g/mol. The van der Waals surface area contributed by atoms with Crippen molar-refractivity contribution in [1.29, 1.82) is 0 Å². The second-order valence-electron chi connectivity index (χ2n) is 3.27.